The summed E-state index contributed by atoms with van der Waals surface area (Å²) in [6, 6.07) is 52.0. The van der Waals surface area contributed by atoms with Gasteiger partial charge in [0.2, 0.25) is 0 Å². The van der Waals surface area contributed by atoms with E-state index in [1.807, 2.05) is 12.1 Å². The maximum atomic E-state index is 6.77. The lowest BCUT2D eigenvalue weighted by Gasteiger charge is -2.40. The standard InChI is InChI=1S/C45H32N2O/c1-29-19-25-37-35(27-29)34-13-5-6-14-36(34)45(37)38-15-7-10-18-42(38)48-43-28-32(24-26-39(43)45)30-20-22-31(23-21-30)44-46-40-16-8-9-17-41(40)47(44)33-11-3-2-4-12-33/h2-26,28-29H,27H2,1H3. The Hall–Kier alpha value is -5.93. The van der Waals surface area contributed by atoms with Crippen molar-refractivity contribution in [2.45, 2.75) is 18.8 Å². The topological polar surface area (TPSA) is 27.1 Å². The number of fused-ring (bicyclic) bond motifs is 9. The summed E-state index contributed by atoms with van der Waals surface area (Å²) in [7, 11) is 0. The van der Waals surface area contributed by atoms with Gasteiger partial charge in [-0.15, -0.1) is 0 Å². The van der Waals surface area contributed by atoms with Crippen LogP contribution < -0.4 is 4.74 Å². The van der Waals surface area contributed by atoms with Gasteiger partial charge in [0.15, 0.2) is 0 Å². The maximum absolute atomic E-state index is 6.77. The molecular weight excluding hydrogens is 585 g/mol. The lowest BCUT2D eigenvalue weighted by Crippen LogP contribution is -2.33. The van der Waals surface area contributed by atoms with Crippen LogP contribution in [0, 0.1) is 5.92 Å². The normalized spacial score (nSPS) is 18.7. The Morgan fingerprint density at radius 1 is 0.646 bits per heavy atom. The quantitative estimate of drug-likeness (QED) is 0.197. The van der Waals surface area contributed by atoms with Crippen molar-refractivity contribution in [3.8, 4) is 39.7 Å². The number of hydrogen-bond donors (Lipinski definition) is 0. The van der Waals surface area contributed by atoms with E-state index in [0.29, 0.717) is 5.92 Å². The van der Waals surface area contributed by atoms with Gasteiger partial charge in [-0.2, -0.15) is 0 Å². The van der Waals surface area contributed by atoms with Crippen LogP contribution in [0.1, 0.15) is 35.6 Å². The molecule has 2 aliphatic carbocycles. The van der Waals surface area contributed by atoms with Gasteiger partial charge in [-0.25, -0.2) is 4.98 Å². The summed E-state index contributed by atoms with van der Waals surface area (Å²) in [5, 5.41) is 0. The summed E-state index contributed by atoms with van der Waals surface area (Å²) in [6.07, 6.45) is 5.82. The molecule has 3 aliphatic rings. The number of aromatic nitrogens is 2. The van der Waals surface area contributed by atoms with Crippen LogP contribution in [0.4, 0.5) is 0 Å². The van der Waals surface area contributed by atoms with Crippen molar-refractivity contribution in [1.82, 2.24) is 9.55 Å². The van der Waals surface area contributed by atoms with Gasteiger partial charge in [-0.1, -0.05) is 128 Å². The highest BCUT2D eigenvalue weighted by Crippen LogP contribution is 2.63. The minimum absolute atomic E-state index is 0.411. The molecule has 2 atom stereocenters. The number of hydrogen-bond acceptors (Lipinski definition) is 2. The fraction of sp³-hybridized carbons (Fsp3) is 0.0889. The number of benzene rings is 6. The number of para-hydroxylation sites is 4. The molecule has 1 aliphatic heterocycles. The smallest absolute Gasteiger partial charge is 0.145 e. The van der Waals surface area contributed by atoms with Gasteiger partial charge in [0.25, 0.3) is 0 Å². The molecular formula is C45H32N2O. The van der Waals surface area contributed by atoms with E-state index < -0.39 is 5.41 Å². The Balaban J connectivity index is 1.10. The largest absolute Gasteiger partial charge is 0.457 e. The summed E-state index contributed by atoms with van der Waals surface area (Å²) in [4.78, 5) is 5.07. The van der Waals surface area contributed by atoms with Crippen LogP contribution in [0.3, 0.4) is 0 Å². The Kier molecular flexibility index (Phi) is 5.83. The molecule has 3 nitrogen and oxygen atoms in total. The van der Waals surface area contributed by atoms with E-state index in [1.54, 1.807) is 0 Å². The van der Waals surface area contributed by atoms with E-state index in [4.69, 9.17) is 9.72 Å². The van der Waals surface area contributed by atoms with Gasteiger partial charge in [-0.05, 0) is 82.1 Å². The second-order valence-corrected chi connectivity index (χ2v) is 13.2. The molecule has 10 rings (SSSR count). The Bertz CT molecular complexity index is 2470. The second-order valence-electron chi connectivity index (χ2n) is 13.2. The van der Waals surface area contributed by atoms with Gasteiger partial charge in [-0.3, -0.25) is 4.57 Å². The first-order valence-corrected chi connectivity index (χ1v) is 16.8. The number of nitrogens with zero attached hydrogens (tertiary/aromatic N) is 2. The predicted molar refractivity (Wildman–Crippen MR) is 195 cm³/mol. The van der Waals surface area contributed by atoms with E-state index >= 15 is 0 Å². The van der Waals surface area contributed by atoms with Crippen LogP contribution >= 0.6 is 0 Å². The summed E-state index contributed by atoms with van der Waals surface area (Å²) < 4.78 is 9.02. The average molecular weight is 617 g/mol. The van der Waals surface area contributed by atoms with E-state index in [2.05, 4.69) is 157 Å². The van der Waals surface area contributed by atoms with Gasteiger partial charge in [0.05, 0.1) is 16.4 Å². The fourth-order valence-corrected chi connectivity index (χ4v) is 8.36. The third kappa shape index (κ3) is 3.79. The zero-order chi connectivity index (χ0) is 31.8. The summed E-state index contributed by atoms with van der Waals surface area (Å²) in [5.74, 6) is 3.28. The predicted octanol–water partition coefficient (Wildman–Crippen LogP) is 11.2. The van der Waals surface area contributed by atoms with Gasteiger partial charge in [0.1, 0.15) is 17.3 Å². The van der Waals surface area contributed by atoms with Crippen LogP contribution in [-0.4, -0.2) is 9.55 Å². The molecule has 3 heteroatoms. The van der Waals surface area contributed by atoms with Gasteiger partial charge in [0, 0.05) is 22.4 Å². The summed E-state index contributed by atoms with van der Waals surface area (Å²) in [6.45, 7) is 2.31. The molecule has 2 unspecified atom stereocenters. The maximum Gasteiger partial charge on any atom is 0.145 e. The average Bonchev–Trinajstić information content (AvgIpc) is 3.66. The monoisotopic (exact) mass is 616 g/mol. The minimum Gasteiger partial charge on any atom is -0.457 e. The van der Waals surface area contributed by atoms with Gasteiger partial charge < -0.3 is 4.74 Å². The molecule has 0 saturated carbocycles. The molecule has 2 heterocycles. The summed E-state index contributed by atoms with van der Waals surface area (Å²) >= 11 is 0. The second kappa shape index (κ2) is 10.3. The molecule has 0 saturated heterocycles. The molecule has 1 aromatic heterocycles. The molecule has 0 radical (unpaired) electrons. The van der Waals surface area contributed by atoms with Crippen molar-refractivity contribution in [1.29, 1.82) is 0 Å². The minimum atomic E-state index is -0.411. The molecule has 1 spiro atoms. The molecule has 228 valence electrons. The van der Waals surface area contributed by atoms with Crippen LogP contribution in [-0.2, 0) is 5.41 Å². The van der Waals surface area contributed by atoms with Gasteiger partial charge >= 0.3 is 0 Å². The van der Waals surface area contributed by atoms with Crippen LogP contribution in [0.5, 0.6) is 11.5 Å². The first-order valence-electron chi connectivity index (χ1n) is 16.8. The van der Waals surface area contributed by atoms with Crippen molar-refractivity contribution in [3.05, 3.63) is 186 Å². The highest BCUT2D eigenvalue weighted by Gasteiger charge is 2.52. The Labute approximate surface area is 280 Å². The molecule has 7 aromatic rings. The zero-order valence-electron chi connectivity index (χ0n) is 26.6. The molecule has 0 amide bonds. The van der Waals surface area contributed by atoms with Crippen molar-refractivity contribution < 1.29 is 4.74 Å². The third-order valence-corrected chi connectivity index (χ3v) is 10.5. The molecule has 0 N–H and O–H groups in total. The number of allylic oxidation sites excluding steroid dienone is 4. The molecule has 0 fully saturated rings. The highest BCUT2D eigenvalue weighted by molar-refractivity contribution is 5.91. The number of imidazole rings is 1. The van der Waals surface area contributed by atoms with Crippen molar-refractivity contribution >= 4 is 16.6 Å². The summed E-state index contributed by atoms with van der Waals surface area (Å²) in [5.41, 5.74) is 14.1. The molecule has 0 bridgehead atoms. The SMILES string of the molecule is CC1C=CC2=C(C1)c1ccccc1C21c2ccccc2Oc2cc(-c3ccc(-c4nc5ccccc5n4-c4ccccc4)cc3)ccc21. The lowest BCUT2D eigenvalue weighted by molar-refractivity contribution is 0.435. The van der Waals surface area contributed by atoms with Crippen molar-refractivity contribution in [2.75, 3.05) is 0 Å². The van der Waals surface area contributed by atoms with Crippen molar-refractivity contribution in [2.24, 2.45) is 5.92 Å². The van der Waals surface area contributed by atoms with E-state index in [0.717, 1.165) is 57.2 Å². The van der Waals surface area contributed by atoms with Crippen LogP contribution in [0.25, 0.3) is 44.8 Å². The lowest BCUT2D eigenvalue weighted by atomic mass is 9.64. The Morgan fingerprint density at radius 2 is 1.33 bits per heavy atom. The number of ether oxygens (including phenoxy) is 1. The van der Waals surface area contributed by atoms with E-state index in [-0.39, 0.29) is 0 Å². The third-order valence-electron chi connectivity index (χ3n) is 10.5. The first-order chi connectivity index (χ1) is 23.7. The first kappa shape index (κ1) is 27.2. The molecule has 48 heavy (non-hydrogen) atoms. The van der Waals surface area contributed by atoms with Crippen molar-refractivity contribution in [3.63, 3.8) is 0 Å². The zero-order valence-corrected chi connectivity index (χ0v) is 26.6. The number of rotatable bonds is 3. The van der Waals surface area contributed by atoms with Crippen LogP contribution in [0.15, 0.2) is 163 Å². The highest BCUT2D eigenvalue weighted by atomic mass is 16.5. The van der Waals surface area contributed by atoms with Crippen LogP contribution in [0.2, 0.25) is 0 Å². The molecule has 6 aromatic carbocycles. The van der Waals surface area contributed by atoms with E-state index in [1.165, 1.54) is 33.4 Å². The van der Waals surface area contributed by atoms with E-state index in [9.17, 15) is 0 Å². The Morgan fingerprint density at radius 3 is 2.21 bits per heavy atom. The fourth-order valence-electron chi connectivity index (χ4n) is 8.36.